The van der Waals surface area contributed by atoms with E-state index >= 15 is 0 Å². The van der Waals surface area contributed by atoms with E-state index in [-0.39, 0.29) is 5.91 Å². The zero-order valence-electron chi connectivity index (χ0n) is 25.4. The summed E-state index contributed by atoms with van der Waals surface area (Å²) < 4.78 is 7.27. The highest BCUT2D eigenvalue weighted by atomic mass is 16.6. The first-order chi connectivity index (χ1) is 20.0. The molecule has 12 heteroatoms. The van der Waals surface area contributed by atoms with Crippen LogP contribution in [0.2, 0.25) is 0 Å². The number of rotatable bonds is 9. The van der Waals surface area contributed by atoms with Crippen LogP contribution in [0, 0.1) is 0 Å². The fraction of sp³-hybridized carbons (Fsp3) is 0.533. The molecule has 1 N–H and O–H groups in total. The molecule has 3 aromatic heterocycles. The van der Waals surface area contributed by atoms with Gasteiger partial charge in [-0.15, -0.1) is 10.2 Å². The summed E-state index contributed by atoms with van der Waals surface area (Å²) in [4.78, 5) is 42.0. The third kappa shape index (κ3) is 6.38. The van der Waals surface area contributed by atoms with Crippen LogP contribution >= 0.6 is 0 Å². The zero-order valence-corrected chi connectivity index (χ0v) is 25.4. The van der Waals surface area contributed by atoms with Crippen LogP contribution in [0.1, 0.15) is 69.1 Å². The smallest absolute Gasteiger partial charge is 0.407 e. The fourth-order valence-corrected chi connectivity index (χ4v) is 5.47. The van der Waals surface area contributed by atoms with Crippen molar-refractivity contribution in [3.63, 3.8) is 0 Å². The second-order valence-corrected chi connectivity index (χ2v) is 12.0. The van der Waals surface area contributed by atoms with Gasteiger partial charge in [-0.05, 0) is 72.7 Å². The van der Waals surface area contributed by atoms with Crippen molar-refractivity contribution < 1.29 is 14.3 Å². The highest BCUT2D eigenvalue weighted by Gasteiger charge is 2.35. The molecule has 224 valence electrons. The number of hydrogen-bond donors (Lipinski definition) is 1. The molecule has 3 aromatic rings. The first kappa shape index (κ1) is 29.4. The zero-order chi connectivity index (χ0) is 30.0. The number of carbonyl (C=O) groups is 2. The number of likely N-dealkylation sites (N-methyl/N-ethyl adjacent to an activating group) is 1. The average Bonchev–Trinajstić information content (AvgIpc) is 3.66. The van der Waals surface area contributed by atoms with Crippen molar-refractivity contribution in [1.82, 2.24) is 34.9 Å². The number of pyridine rings is 2. The number of nitrogens with one attached hydrogen (secondary N) is 1. The molecule has 1 atom stereocenters. The topological polar surface area (TPSA) is 122 Å². The number of carbonyl (C=O) groups excluding carboxylic acids is 2. The minimum atomic E-state index is -0.548. The van der Waals surface area contributed by atoms with Crippen LogP contribution in [0.4, 0.5) is 16.4 Å². The lowest BCUT2D eigenvalue weighted by Crippen LogP contribution is -2.37. The van der Waals surface area contributed by atoms with Crippen LogP contribution in [0.15, 0.2) is 30.6 Å². The van der Waals surface area contributed by atoms with Gasteiger partial charge in [0, 0.05) is 44.3 Å². The summed E-state index contributed by atoms with van der Waals surface area (Å²) in [7, 11) is 1.99. The minimum Gasteiger partial charge on any atom is -0.444 e. The van der Waals surface area contributed by atoms with Crippen molar-refractivity contribution in [2.24, 2.45) is 0 Å². The van der Waals surface area contributed by atoms with Gasteiger partial charge in [-0.2, -0.15) is 0 Å². The van der Waals surface area contributed by atoms with E-state index < -0.39 is 11.7 Å². The molecule has 0 unspecified atom stereocenters. The lowest BCUT2D eigenvalue weighted by atomic mass is 10.1. The monoisotopic (exact) mass is 575 g/mol. The Labute approximate surface area is 247 Å². The molecule has 2 aliphatic heterocycles. The maximum Gasteiger partial charge on any atom is 0.407 e. The van der Waals surface area contributed by atoms with E-state index in [9.17, 15) is 9.59 Å². The molecule has 5 rings (SSSR count). The molecule has 2 amide bonds. The van der Waals surface area contributed by atoms with E-state index in [4.69, 9.17) is 14.7 Å². The maximum atomic E-state index is 13.9. The van der Waals surface area contributed by atoms with Gasteiger partial charge in [0.05, 0.1) is 17.8 Å². The molecule has 0 bridgehead atoms. The molecule has 42 heavy (non-hydrogen) atoms. The summed E-state index contributed by atoms with van der Waals surface area (Å²) in [6, 6.07) is 7.94. The number of ether oxygens (including phenoxy) is 1. The quantitative estimate of drug-likeness (QED) is 0.405. The SMILES string of the molecule is CCn1cnnc1-c1cccc(N2Cc3c(cc(N4CCC[C@H]4C)nc3CN(C)CCNC(=O)OC(C)(C)C)C2=O)n1. The van der Waals surface area contributed by atoms with E-state index in [0.29, 0.717) is 55.1 Å². The molecule has 0 saturated carbocycles. The number of aryl methyl sites for hydroxylation is 1. The Hall–Kier alpha value is -4.06. The van der Waals surface area contributed by atoms with Crippen LogP contribution in [0.25, 0.3) is 11.5 Å². The number of anilines is 2. The first-order valence-electron chi connectivity index (χ1n) is 14.7. The van der Waals surface area contributed by atoms with E-state index in [2.05, 4.69) is 32.2 Å². The fourth-order valence-electron chi connectivity index (χ4n) is 5.47. The van der Waals surface area contributed by atoms with Crippen LogP contribution in [-0.4, -0.2) is 80.0 Å². The Balaban J connectivity index is 1.39. The third-order valence-electron chi connectivity index (χ3n) is 7.61. The number of hydrogen-bond acceptors (Lipinski definition) is 9. The number of fused-ring (bicyclic) bond motifs is 1. The Morgan fingerprint density at radius 1 is 1.21 bits per heavy atom. The first-order valence-corrected chi connectivity index (χ1v) is 14.7. The van der Waals surface area contributed by atoms with Gasteiger partial charge in [0.25, 0.3) is 5.91 Å². The van der Waals surface area contributed by atoms with Crippen molar-refractivity contribution in [3.8, 4) is 11.5 Å². The van der Waals surface area contributed by atoms with Crippen molar-refractivity contribution in [2.45, 2.75) is 78.7 Å². The standard InChI is InChI=1S/C30H41N9O3/c1-7-37-19-32-35-27(37)23-11-8-12-25(33-23)39-17-22-21(28(39)40)16-26(38-14-9-10-20(38)2)34-24(22)18-36(6)15-13-31-29(41)42-30(3,4)5/h8,11-12,16,19-20H,7,9-10,13-15,17-18H2,1-6H3,(H,31,41)/t20-/m1/s1. The van der Waals surface area contributed by atoms with E-state index in [1.807, 2.05) is 63.6 Å². The summed E-state index contributed by atoms with van der Waals surface area (Å²) in [6.45, 7) is 13.3. The summed E-state index contributed by atoms with van der Waals surface area (Å²) in [5.41, 5.74) is 2.55. The van der Waals surface area contributed by atoms with Gasteiger partial charge in [-0.25, -0.2) is 14.8 Å². The molecule has 1 saturated heterocycles. The van der Waals surface area contributed by atoms with Crippen molar-refractivity contribution >= 4 is 23.6 Å². The van der Waals surface area contributed by atoms with Crippen molar-refractivity contribution in [2.75, 3.05) is 36.5 Å². The predicted octanol–water partition coefficient (Wildman–Crippen LogP) is 3.86. The lowest BCUT2D eigenvalue weighted by Gasteiger charge is -2.25. The molecule has 12 nitrogen and oxygen atoms in total. The summed E-state index contributed by atoms with van der Waals surface area (Å²) in [6.07, 6.45) is 3.45. The third-order valence-corrected chi connectivity index (χ3v) is 7.61. The number of nitrogens with zero attached hydrogens (tertiary/aromatic N) is 8. The van der Waals surface area contributed by atoms with Gasteiger partial charge in [0.1, 0.15) is 29.3 Å². The molecule has 0 spiro atoms. The van der Waals surface area contributed by atoms with Crippen molar-refractivity contribution in [3.05, 3.63) is 47.4 Å². The second-order valence-electron chi connectivity index (χ2n) is 12.0. The molecule has 0 aromatic carbocycles. The van der Waals surface area contributed by atoms with Gasteiger partial charge in [0.2, 0.25) is 0 Å². The van der Waals surface area contributed by atoms with E-state index in [0.717, 1.165) is 43.0 Å². The lowest BCUT2D eigenvalue weighted by molar-refractivity contribution is 0.0523. The van der Waals surface area contributed by atoms with Gasteiger partial charge in [0.15, 0.2) is 5.82 Å². The van der Waals surface area contributed by atoms with Gasteiger partial charge in [-0.3, -0.25) is 14.6 Å². The summed E-state index contributed by atoms with van der Waals surface area (Å²) in [5, 5.41) is 11.1. The highest BCUT2D eigenvalue weighted by molar-refractivity contribution is 6.10. The number of aromatic nitrogens is 5. The predicted molar refractivity (Wildman–Crippen MR) is 160 cm³/mol. The minimum absolute atomic E-state index is 0.0856. The Morgan fingerprint density at radius 2 is 2.02 bits per heavy atom. The average molecular weight is 576 g/mol. The number of amides is 2. The number of alkyl carbamates (subject to hydrolysis) is 1. The Bertz CT molecular complexity index is 1450. The van der Waals surface area contributed by atoms with Gasteiger partial charge in [-0.1, -0.05) is 6.07 Å². The Kier molecular flexibility index (Phi) is 8.44. The molecule has 5 heterocycles. The van der Waals surface area contributed by atoms with E-state index in [1.54, 1.807) is 11.2 Å². The van der Waals surface area contributed by atoms with Crippen LogP contribution in [0.3, 0.4) is 0 Å². The Morgan fingerprint density at radius 3 is 2.74 bits per heavy atom. The van der Waals surface area contributed by atoms with Crippen LogP contribution < -0.4 is 15.1 Å². The molecule has 2 aliphatic rings. The largest absolute Gasteiger partial charge is 0.444 e. The highest BCUT2D eigenvalue weighted by Crippen LogP contribution is 2.34. The van der Waals surface area contributed by atoms with Crippen molar-refractivity contribution in [1.29, 1.82) is 0 Å². The molecule has 0 radical (unpaired) electrons. The molecular formula is C30H41N9O3. The normalized spacial score (nSPS) is 16.8. The van der Waals surface area contributed by atoms with Gasteiger partial charge >= 0.3 is 6.09 Å². The molecule has 0 aliphatic carbocycles. The van der Waals surface area contributed by atoms with E-state index in [1.165, 1.54) is 0 Å². The summed E-state index contributed by atoms with van der Waals surface area (Å²) >= 11 is 0. The van der Waals surface area contributed by atoms with Gasteiger partial charge < -0.3 is 19.5 Å². The molecular weight excluding hydrogens is 534 g/mol. The summed E-state index contributed by atoms with van der Waals surface area (Å²) in [5.74, 6) is 1.98. The van der Waals surface area contributed by atoms with Crippen LogP contribution in [-0.2, 0) is 24.4 Å². The second kappa shape index (κ2) is 12.0. The maximum absolute atomic E-state index is 13.9. The molecule has 1 fully saturated rings. The van der Waals surface area contributed by atoms with Crippen LogP contribution in [0.5, 0.6) is 0 Å².